The molecule has 0 amide bonds. The van der Waals surface area contributed by atoms with Crippen LogP contribution in [0.5, 0.6) is 0 Å². The lowest BCUT2D eigenvalue weighted by Crippen LogP contribution is -2.46. The van der Waals surface area contributed by atoms with E-state index >= 15 is 0 Å². The number of nitrogens with zero attached hydrogens (tertiary/aromatic N) is 4. The van der Waals surface area contributed by atoms with Crippen molar-refractivity contribution in [2.24, 2.45) is 0 Å². The van der Waals surface area contributed by atoms with Crippen molar-refractivity contribution in [3.8, 4) is 0 Å². The summed E-state index contributed by atoms with van der Waals surface area (Å²) in [6.45, 7) is 2.28. The number of thiazole rings is 1. The second kappa shape index (κ2) is 6.33. The first-order valence-corrected chi connectivity index (χ1v) is 8.26. The standard InChI is InChI=1S/C13H11Cl2F3N4S/c14-8-5-9(15)11(19-6-8)21-1-3-22(4-2-21)12-20-7-10(23-12)13(16,17)18/h5-7H,1-4H2. The molecule has 0 spiro atoms. The van der Waals surface area contributed by atoms with Crippen LogP contribution in [0, 0.1) is 0 Å². The van der Waals surface area contributed by atoms with Crippen LogP contribution in [0.1, 0.15) is 4.88 Å². The van der Waals surface area contributed by atoms with Gasteiger partial charge in [-0.2, -0.15) is 13.2 Å². The Morgan fingerprint density at radius 1 is 1.00 bits per heavy atom. The Hall–Kier alpha value is -1.25. The van der Waals surface area contributed by atoms with Crippen LogP contribution in [0.25, 0.3) is 0 Å². The van der Waals surface area contributed by atoms with Gasteiger partial charge in [-0.15, -0.1) is 0 Å². The first kappa shape index (κ1) is 16.6. The molecule has 23 heavy (non-hydrogen) atoms. The molecule has 1 aliphatic heterocycles. The predicted octanol–water partition coefficient (Wildman–Crippen LogP) is 4.19. The Morgan fingerprint density at radius 3 is 2.22 bits per heavy atom. The van der Waals surface area contributed by atoms with Crippen LogP contribution in [0.3, 0.4) is 0 Å². The normalized spacial score (nSPS) is 16.0. The van der Waals surface area contributed by atoms with Gasteiger partial charge in [-0.25, -0.2) is 9.97 Å². The molecule has 10 heteroatoms. The van der Waals surface area contributed by atoms with Crippen molar-refractivity contribution in [2.45, 2.75) is 6.18 Å². The monoisotopic (exact) mass is 382 g/mol. The van der Waals surface area contributed by atoms with Gasteiger partial charge in [0.2, 0.25) is 0 Å². The highest BCUT2D eigenvalue weighted by Gasteiger charge is 2.34. The number of halogens is 5. The summed E-state index contributed by atoms with van der Waals surface area (Å²) in [6.07, 6.45) is -1.95. The molecular weight excluding hydrogens is 372 g/mol. The molecule has 3 rings (SSSR count). The SMILES string of the molecule is FC(F)(F)c1cnc(N2CCN(c3ncc(Cl)cc3Cl)CC2)s1. The second-order valence-electron chi connectivity index (χ2n) is 4.94. The van der Waals surface area contributed by atoms with Crippen LogP contribution >= 0.6 is 34.5 Å². The Balaban J connectivity index is 1.67. The Labute approximate surface area is 144 Å². The number of aromatic nitrogens is 2. The maximum Gasteiger partial charge on any atom is 0.427 e. The molecule has 0 unspecified atom stereocenters. The van der Waals surface area contributed by atoms with Crippen LogP contribution < -0.4 is 9.80 Å². The quantitative estimate of drug-likeness (QED) is 0.779. The van der Waals surface area contributed by atoms with E-state index in [-0.39, 0.29) is 0 Å². The topological polar surface area (TPSA) is 32.3 Å². The smallest absolute Gasteiger partial charge is 0.352 e. The first-order valence-electron chi connectivity index (χ1n) is 6.68. The van der Waals surface area contributed by atoms with Crippen LogP contribution in [0.4, 0.5) is 24.1 Å². The molecule has 0 aromatic carbocycles. The van der Waals surface area contributed by atoms with E-state index in [1.54, 1.807) is 6.07 Å². The molecule has 0 N–H and O–H groups in total. The number of rotatable bonds is 2. The zero-order valence-corrected chi connectivity index (χ0v) is 14.0. The molecule has 1 aliphatic rings. The van der Waals surface area contributed by atoms with Gasteiger partial charge in [0.1, 0.15) is 10.7 Å². The highest BCUT2D eigenvalue weighted by molar-refractivity contribution is 7.15. The third-order valence-electron chi connectivity index (χ3n) is 3.41. The van der Waals surface area contributed by atoms with E-state index in [0.717, 1.165) is 6.20 Å². The van der Waals surface area contributed by atoms with E-state index in [1.165, 1.54) is 6.20 Å². The highest BCUT2D eigenvalue weighted by atomic mass is 35.5. The Kier molecular flexibility index (Phi) is 4.57. The minimum absolute atomic E-state index is 0.382. The van der Waals surface area contributed by atoms with Gasteiger partial charge in [0.25, 0.3) is 0 Å². The molecule has 0 bridgehead atoms. The summed E-state index contributed by atoms with van der Waals surface area (Å²) in [7, 11) is 0. The Bertz CT molecular complexity index is 699. The molecule has 0 atom stereocenters. The van der Waals surface area contributed by atoms with E-state index in [2.05, 4.69) is 9.97 Å². The predicted molar refractivity (Wildman–Crippen MR) is 85.8 cm³/mol. The molecule has 3 heterocycles. The number of alkyl halides is 3. The number of anilines is 2. The lowest BCUT2D eigenvalue weighted by Gasteiger charge is -2.35. The molecule has 1 saturated heterocycles. The fraction of sp³-hybridized carbons (Fsp3) is 0.385. The van der Waals surface area contributed by atoms with Gasteiger partial charge in [-0.3, -0.25) is 0 Å². The van der Waals surface area contributed by atoms with Gasteiger partial charge in [0.05, 0.1) is 16.2 Å². The summed E-state index contributed by atoms with van der Waals surface area (Å²) in [4.78, 5) is 11.2. The van der Waals surface area contributed by atoms with E-state index in [4.69, 9.17) is 23.2 Å². The third kappa shape index (κ3) is 3.64. The number of pyridine rings is 1. The minimum atomic E-state index is -4.35. The van der Waals surface area contributed by atoms with Crippen molar-refractivity contribution in [3.05, 3.63) is 33.4 Å². The van der Waals surface area contributed by atoms with Gasteiger partial charge in [0, 0.05) is 32.4 Å². The van der Waals surface area contributed by atoms with Gasteiger partial charge in [-0.1, -0.05) is 34.5 Å². The molecule has 2 aromatic heterocycles. The summed E-state index contributed by atoms with van der Waals surface area (Å²) in [5.41, 5.74) is 0. The van der Waals surface area contributed by atoms with Gasteiger partial charge >= 0.3 is 6.18 Å². The van der Waals surface area contributed by atoms with Gasteiger partial charge in [0.15, 0.2) is 5.13 Å². The summed E-state index contributed by atoms with van der Waals surface area (Å²) in [6, 6.07) is 1.62. The number of hydrogen-bond acceptors (Lipinski definition) is 5. The van der Waals surface area contributed by atoms with Crippen LogP contribution in [-0.4, -0.2) is 36.1 Å². The molecule has 0 saturated carbocycles. The largest absolute Gasteiger partial charge is 0.427 e. The molecule has 4 nitrogen and oxygen atoms in total. The summed E-state index contributed by atoms with van der Waals surface area (Å²) >= 11 is 12.6. The van der Waals surface area contributed by atoms with Crippen LogP contribution in [-0.2, 0) is 6.18 Å². The lowest BCUT2D eigenvalue weighted by atomic mass is 10.3. The zero-order chi connectivity index (χ0) is 16.6. The fourth-order valence-electron chi connectivity index (χ4n) is 2.29. The van der Waals surface area contributed by atoms with Crippen molar-refractivity contribution in [1.29, 1.82) is 0 Å². The maximum atomic E-state index is 12.6. The Morgan fingerprint density at radius 2 is 1.65 bits per heavy atom. The van der Waals surface area contributed by atoms with Crippen molar-refractivity contribution < 1.29 is 13.2 Å². The van der Waals surface area contributed by atoms with Crippen LogP contribution in [0.2, 0.25) is 10.0 Å². The van der Waals surface area contributed by atoms with Crippen molar-refractivity contribution >= 4 is 45.5 Å². The van der Waals surface area contributed by atoms with E-state index < -0.39 is 11.1 Å². The first-order chi connectivity index (χ1) is 10.8. The zero-order valence-electron chi connectivity index (χ0n) is 11.6. The number of piperazine rings is 1. The molecule has 1 fully saturated rings. The number of hydrogen-bond donors (Lipinski definition) is 0. The van der Waals surface area contributed by atoms with Gasteiger partial charge in [-0.05, 0) is 6.07 Å². The molecular formula is C13H11Cl2F3N4S. The third-order valence-corrected chi connectivity index (χ3v) is 5.00. The summed E-state index contributed by atoms with van der Waals surface area (Å²) < 4.78 is 37.9. The average Bonchev–Trinajstić information content (AvgIpc) is 2.97. The van der Waals surface area contributed by atoms with E-state index in [0.29, 0.717) is 58.5 Å². The summed E-state index contributed by atoms with van der Waals surface area (Å²) in [5, 5.41) is 1.30. The van der Waals surface area contributed by atoms with E-state index in [1.807, 2.05) is 9.80 Å². The van der Waals surface area contributed by atoms with Gasteiger partial charge < -0.3 is 9.80 Å². The second-order valence-corrected chi connectivity index (χ2v) is 6.79. The van der Waals surface area contributed by atoms with E-state index in [9.17, 15) is 13.2 Å². The summed E-state index contributed by atoms with van der Waals surface area (Å²) in [5.74, 6) is 0.630. The highest BCUT2D eigenvalue weighted by Crippen LogP contribution is 2.36. The maximum absolute atomic E-state index is 12.6. The van der Waals surface area contributed by atoms with Crippen molar-refractivity contribution in [1.82, 2.24) is 9.97 Å². The average molecular weight is 383 g/mol. The van der Waals surface area contributed by atoms with Crippen molar-refractivity contribution in [2.75, 3.05) is 36.0 Å². The van der Waals surface area contributed by atoms with Crippen molar-refractivity contribution in [3.63, 3.8) is 0 Å². The minimum Gasteiger partial charge on any atom is -0.352 e. The molecule has 124 valence electrons. The molecule has 2 aromatic rings. The lowest BCUT2D eigenvalue weighted by molar-refractivity contribution is -0.134. The molecule has 0 radical (unpaired) electrons. The van der Waals surface area contributed by atoms with Crippen LogP contribution in [0.15, 0.2) is 18.5 Å². The molecule has 0 aliphatic carbocycles. The fourth-order valence-corrected chi connectivity index (χ4v) is 3.63.